The number of amides is 1. The number of aliphatic hydroxyl groups is 1. The molecule has 1 amide bonds. The van der Waals surface area contributed by atoms with Crippen molar-refractivity contribution in [2.45, 2.75) is 154 Å². The van der Waals surface area contributed by atoms with Gasteiger partial charge in [-0.2, -0.15) is 15.1 Å². The van der Waals surface area contributed by atoms with Gasteiger partial charge in [0.25, 0.3) is 0 Å². The van der Waals surface area contributed by atoms with Gasteiger partial charge in [0.15, 0.2) is 38.3 Å². The Morgan fingerprint density at radius 1 is 1.12 bits per heavy atom. The number of rotatable bonds is 17. The van der Waals surface area contributed by atoms with Gasteiger partial charge >= 0.3 is 13.7 Å². The van der Waals surface area contributed by atoms with Crippen LogP contribution >= 0.6 is 19.2 Å². The van der Waals surface area contributed by atoms with E-state index in [2.05, 4.69) is 15.1 Å². The van der Waals surface area contributed by atoms with Gasteiger partial charge in [0, 0.05) is 12.5 Å². The molecule has 2 aromatic heterocycles. The third kappa shape index (κ3) is 10.8. The lowest BCUT2D eigenvalue weighted by Gasteiger charge is -2.31. The molecule has 1 saturated heterocycles. The molecule has 2 aromatic rings. The van der Waals surface area contributed by atoms with Crippen LogP contribution in [-0.4, -0.2) is 93.0 Å². The third-order valence-corrected chi connectivity index (χ3v) is 14.4. The Labute approximate surface area is 306 Å². The molecule has 2 aliphatic rings. The van der Waals surface area contributed by atoms with E-state index in [-0.39, 0.29) is 42.4 Å². The second-order valence-electron chi connectivity index (χ2n) is 14.7. The van der Waals surface area contributed by atoms with Crippen LogP contribution in [0, 0.1) is 0 Å². The van der Waals surface area contributed by atoms with Crippen molar-refractivity contribution in [3.05, 3.63) is 11.5 Å². The number of ether oxygens (including phenoxy) is 3. The van der Waals surface area contributed by atoms with E-state index in [4.69, 9.17) is 34.9 Å². The van der Waals surface area contributed by atoms with Gasteiger partial charge < -0.3 is 28.4 Å². The molecule has 0 radical (unpaired) electrons. The van der Waals surface area contributed by atoms with E-state index in [1.165, 1.54) is 36.5 Å². The summed E-state index contributed by atoms with van der Waals surface area (Å²) in [5.41, 5.74) is -0.510. The maximum atomic E-state index is 13.9. The molecule has 2 fully saturated rings. The summed E-state index contributed by atoms with van der Waals surface area (Å²) in [5.74, 6) is -1.99. The number of carbonyl (C=O) groups is 1. The van der Waals surface area contributed by atoms with Crippen molar-refractivity contribution in [2.24, 2.45) is 0 Å². The van der Waals surface area contributed by atoms with E-state index >= 15 is 0 Å². The zero-order chi connectivity index (χ0) is 37.8. The summed E-state index contributed by atoms with van der Waals surface area (Å²) in [6.45, 7) is 13.6. The Morgan fingerprint density at radius 2 is 1.73 bits per heavy atom. The zero-order valence-electron chi connectivity index (χ0n) is 31.0. The summed E-state index contributed by atoms with van der Waals surface area (Å²) >= 11 is 6.48. The van der Waals surface area contributed by atoms with Crippen LogP contribution in [0.3, 0.4) is 0 Å². The Bertz CT molecular complexity index is 1630. The molecule has 0 aromatic carbocycles. The molecule has 1 aliphatic carbocycles. The predicted molar refractivity (Wildman–Crippen MR) is 194 cm³/mol. The predicted octanol–water partition coefficient (Wildman–Crippen LogP) is 7.15. The highest BCUT2D eigenvalue weighted by Gasteiger charge is 2.48. The largest absolute Gasteiger partial charge is 0.443 e. The highest BCUT2D eigenvalue weighted by Crippen LogP contribution is 2.55. The first-order valence-electron chi connectivity index (χ1n) is 17.9. The van der Waals surface area contributed by atoms with Gasteiger partial charge in [-0.3, -0.25) is 9.46 Å². The van der Waals surface area contributed by atoms with Crippen molar-refractivity contribution in [3.63, 3.8) is 0 Å². The van der Waals surface area contributed by atoms with E-state index in [1.807, 2.05) is 13.8 Å². The number of aromatic nitrogens is 4. The van der Waals surface area contributed by atoms with Crippen LogP contribution < -0.4 is 4.90 Å². The van der Waals surface area contributed by atoms with Gasteiger partial charge in [-0.15, -0.1) is 0 Å². The van der Waals surface area contributed by atoms with Crippen molar-refractivity contribution >= 4 is 52.0 Å². The van der Waals surface area contributed by atoms with Crippen LogP contribution in [0.1, 0.15) is 119 Å². The fourth-order valence-corrected chi connectivity index (χ4v) is 10.8. The summed E-state index contributed by atoms with van der Waals surface area (Å²) in [7, 11) is -8.27. The van der Waals surface area contributed by atoms with Crippen molar-refractivity contribution in [1.29, 1.82) is 0 Å². The molecule has 3 heterocycles. The van der Waals surface area contributed by atoms with Gasteiger partial charge in [-0.25, -0.2) is 17.9 Å². The Morgan fingerprint density at radius 3 is 2.27 bits per heavy atom. The summed E-state index contributed by atoms with van der Waals surface area (Å²) in [6, 6.07) is -0.172. The van der Waals surface area contributed by atoms with Gasteiger partial charge in [0.2, 0.25) is 5.28 Å². The second kappa shape index (κ2) is 17.0. The van der Waals surface area contributed by atoms with E-state index in [0.29, 0.717) is 18.2 Å². The number of hydrogen-bond donors (Lipinski definition) is 1. The smallest absolute Gasteiger partial charge is 0.416 e. The number of nitrogens with zero attached hydrogens (tertiary/aromatic N) is 5. The Balaban J connectivity index is 1.68. The molecule has 15 nitrogen and oxygen atoms in total. The van der Waals surface area contributed by atoms with Crippen LogP contribution in [0.2, 0.25) is 5.28 Å². The van der Waals surface area contributed by atoms with Crippen LogP contribution in [0.25, 0.3) is 11.0 Å². The first-order valence-corrected chi connectivity index (χ1v) is 21.6. The normalized spacial score (nSPS) is 21.4. The van der Waals surface area contributed by atoms with E-state index in [0.717, 1.165) is 38.5 Å². The van der Waals surface area contributed by atoms with Crippen molar-refractivity contribution in [3.8, 4) is 0 Å². The van der Waals surface area contributed by atoms with Gasteiger partial charge in [0.1, 0.15) is 11.7 Å². The number of unbranched alkanes of at least 4 members (excludes halogenated alkanes) is 2. The molecule has 18 heteroatoms. The number of fused-ring (bicyclic) bond motifs is 1. The van der Waals surface area contributed by atoms with Crippen molar-refractivity contribution < 1.29 is 46.1 Å². The van der Waals surface area contributed by atoms with E-state index in [9.17, 15) is 22.9 Å². The lowest BCUT2D eigenvalue weighted by molar-refractivity contribution is -0.212. The molecule has 4 rings (SSSR count). The SMILES string of the molecule is CCCCOP(=O)(OCCCC)[C@H](C)S(=O)(=O)C[C@H]1O[C@@H](n2ncc3c(N(C(=O)OC(C)(C)C)C4CCCC4)nc(Cl)nc32)C[C@@H]1OC(C)(C)O. The Kier molecular flexibility index (Phi) is 14.0. The van der Waals surface area contributed by atoms with E-state index in [1.54, 1.807) is 20.8 Å². The van der Waals surface area contributed by atoms with Gasteiger partial charge in [-0.1, -0.05) is 39.5 Å². The Hall–Kier alpha value is -1.91. The molecular weight excluding hydrogens is 725 g/mol. The highest BCUT2D eigenvalue weighted by atomic mass is 35.5. The minimum absolute atomic E-state index is 0.0718. The average Bonchev–Trinajstić information content (AvgIpc) is 3.76. The van der Waals surface area contributed by atoms with Crippen LogP contribution in [0.4, 0.5) is 10.6 Å². The summed E-state index contributed by atoms with van der Waals surface area (Å²) in [4.78, 5) is 22.5. The lowest BCUT2D eigenvalue weighted by atomic mass is 10.2. The zero-order valence-corrected chi connectivity index (χ0v) is 33.5. The topological polar surface area (TPSA) is 182 Å². The number of carbonyl (C=O) groups excluding carboxylic acids is 1. The first-order chi connectivity index (χ1) is 23.8. The van der Waals surface area contributed by atoms with Crippen molar-refractivity contribution in [1.82, 2.24) is 19.7 Å². The van der Waals surface area contributed by atoms with Gasteiger partial charge in [-0.05, 0) is 78.8 Å². The lowest BCUT2D eigenvalue weighted by Crippen LogP contribution is -2.43. The molecule has 290 valence electrons. The monoisotopic (exact) mass is 779 g/mol. The number of halogens is 1. The second-order valence-corrected chi connectivity index (χ2v) is 20.2. The van der Waals surface area contributed by atoms with Gasteiger partial charge in [0.05, 0.1) is 36.7 Å². The molecule has 51 heavy (non-hydrogen) atoms. The van der Waals surface area contributed by atoms with Crippen LogP contribution in [0.15, 0.2) is 6.20 Å². The number of anilines is 1. The minimum Gasteiger partial charge on any atom is -0.443 e. The first kappa shape index (κ1) is 41.8. The van der Waals surface area contributed by atoms with Crippen LogP contribution in [0.5, 0.6) is 0 Å². The molecule has 4 atom stereocenters. The average molecular weight is 780 g/mol. The fraction of sp³-hybridized carbons (Fsp3) is 0.818. The molecular formula is C33H55ClN5O10PS. The number of sulfone groups is 1. The minimum atomic E-state index is -4.19. The molecule has 0 bridgehead atoms. The molecule has 1 N–H and O–H groups in total. The summed E-state index contributed by atoms with van der Waals surface area (Å²) in [5, 5.41) is 15.4. The van der Waals surface area contributed by atoms with Crippen molar-refractivity contribution in [2.75, 3.05) is 23.9 Å². The molecule has 1 saturated carbocycles. The highest BCUT2D eigenvalue weighted by molar-refractivity contribution is 7.98. The maximum absolute atomic E-state index is 13.9. The molecule has 0 unspecified atom stereocenters. The van der Waals surface area contributed by atoms with E-state index < -0.39 is 64.1 Å². The summed E-state index contributed by atoms with van der Waals surface area (Å²) in [6.07, 6.45) is 4.17. The summed E-state index contributed by atoms with van der Waals surface area (Å²) < 4.78 is 72.5. The molecule has 0 spiro atoms. The quantitative estimate of drug-likeness (QED) is 0.0740. The standard InChI is InChI=1S/C33H55ClN5O10PS/c1-9-11-17-45-50(42,46-18-12-10-2)22(3)51(43,44)21-26-25(48-33(7,8)41)19-27(47-26)39-29-24(20-35-39)28(36-30(34)37-29)38(23-15-13-14-16-23)31(40)49-32(4,5)6/h20,22-23,25-27,41H,9-19,21H2,1-8H3/t22-,25-,26+,27+/m0/s1. The number of hydrogen-bond acceptors (Lipinski definition) is 13. The third-order valence-electron chi connectivity index (χ3n) is 8.71. The fourth-order valence-electron chi connectivity index (χ4n) is 6.14. The maximum Gasteiger partial charge on any atom is 0.416 e. The molecule has 1 aliphatic heterocycles. The van der Waals surface area contributed by atoms with Crippen LogP contribution in [-0.2, 0) is 37.7 Å².